The van der Waals surface area contributed by atoms with E-state index in [0.29, 0.717) is 12.3 Å². The van der Waals surface area contributed by atoms with Gasteiger partial charge >= 0.3 is 0 Å². The number of rotatable bonds is 6. The van der Waals surface area contributed by atoms with Gasteiger partial charge in [-0.05, 0) is 39.0 Å². The summed E-state index contributed by atoms with van der Waals surface area (Å²) in [5, 5.41) is 8.92. The zero-order valence-corrected chi connectivity index (χ0v) is 14.8. The van der Waals surface area contributed by atoms with Gasteiger partial charge in [-0.2, -0.15) is 0 Å². The van der Waals surface area contributed by atoms with Gasteiger partial charge in [-0.3, -0.25) is 4.79 Å². The van der Waals surface area contributed by atoms with Gasteiger partial charge in [0, 0.05) is 17.0 Å². The van der Waals surface area contributed by atoms with Crippen LogP contribution in [0.2, 0.25) is 0 Å². The Balaban J connectivity index is 1.73. The summed E-state index contributed by atoms with van der Waals surface area (Å²) in [4.78, 5) is 12.5. The molecule has 0 aliphatic carbocycles. The molecule has 0 aliphatic rings. The van der Waals surface area contributed by atoms with Crippen molar-refractivity contribution in [3.63, 3.8) is 0 Å². The molecule has 3 rings (SSSR count). The third-order valence-electron chi connectivity index (χ3n) is 3.60. The summed E-state index contributed by atoms with van der Waals surface area (Å²) in [5.74, 6) is 1.37. The van der Waals surface area contributed by atoms with Gasteiger partial charge in [0.15, 0.2) is 10.1 Å². The van der Waals surface area contributed by atoms with Gasteiger partial charge in [-0.1, -0.05) is 23.1 Å². The first-order chi connectivity index (χ1) is 11.0. The number of carbonyl (C=O) groups is 1. The second kappa shape index (κ2) is 6.72. The van der Waals surface area contributed by atoms with Crippen molar-refractivity contribution in [2.24, 2.45) is 0 Å². The number of hydrogen-bond acceptors (Lipinski definition) is 6. The SMILES string of the molecule is Cc1nnc(SCC(=O)c2cc(C)n(Cc3ccco3)c2C)s1. The first kappa shape index (κ1) is 16.0. The van der Waals surface area contributed by atoms with Crippen molar-refractivity contribution in [2.45, 2.75) is 31.7 Å². The number of hydrogen-bond donors (Lipinski definition) is 0. The smallest absolute Gasteiger partial charge is 0.174 e. The molecule has 7 heteroatoms. The molecule has 0 aromatic carbocycles. The lowest BCUT2D eigenvalue weighted by Crippen LogP contribution is -2.07. The summed E-state index contributed by atoms with van der Waals surface area (Å²) >= 11 is 2.95. The van der Waals surface area contributed by atoms with Crippen LogP contribution in [0.5, 0.6) is 0 Å². The Morgan fingerprint density at radius 2 is 2.17 bits per heavy atom. The standard InChI is InChI=1S/C16H17N3O2S2/c1-10-7-14(11(2)19(10)8-13-5-4-6-21-13)15(20)9-22-16-18-17-12(3)23-16/h4-7H,8-9H2,1-3H3. The molecule has 0 radical (unpaired) electrons. The third-order valence-corrected chi connectivity index (χ3v) is 5.57. The average molecular weight is 347 g/mol. The number of aromatic nitrogens is 3. The summed E-state index contributed by atoms with van der Waals surface area (Å²) in [5.41, 5.74) is 2.79. The molecule has 0 amide bonds. The summed E-state index contributed by atoms with van der Waals surface area (Å²) < 4.78 is 8.34. The van der Waals surface area contributed by atoms with Crippen LogP contribution in [0.3, 0.4) is 0 Å². The Morgan fingerprint density at radius 1 is 1.35 bits per heavy atom. The molecule has 5 nitrogen and oxygen atoms in total. The molecule has 0 bridgehead atoms. The normalized spacial score (nSPS) is 11.1. The molecule has 3 heterocycles. The van der Waals surface area contributed by atoms with Crippen molar-refractivity contribution in [3.8, 4) is 0 Å². The maximum absolute atomic E-state index is 12.5. The molecule has 23 heavy (non-hydrogen) atoms. The fourth-order valence-corrected chi connectivity index (χ4v) is 4.13. The van der Waals surface area contributed by atoms with Gasteiger partial charge in [0.2, 0.25) is 0 Å². The van der Waals surface area contributed by atoms with Crippen LogP contribution in [0.15, 0.2) is 33.2 Å². The van der Waals surface area contributed by atoms with E-state index in [2.05, 4.69) is 14.8 Å². The van der Waals surface area contributed by atoms with Gasteiger partial charge in [0.25, 0.3) is 0 Å². The summed E-state index contributed by atoms with van der Waals surface area (Å²) in [6, 6.07) is 5.76. The molecular formula is C16H17N3O2S2. The van der Waals surface area contributed by atoms with E-state index in [1.807, 2.05) is 39.0 Å². The number of Topliss-reactive ketones (excluding diaryl/α,β-unsaturated/α-hetero) is 1. The molecule has 0 saturated carbocycles. The molecule has 0 unspecified atom stereocenters. The molecule has 0 saturated heterocycles. The molecule has 0 fully saturated rings. The number of thioether (sulfide) groups is 1. The Kier molecular flexibility index (Phi) is 4.68. The lowest BCUT2D eigenvalue weighted by Gasteiger charge is -2.07. The van der Waals surface area contributed by atoms with E-state index in [1.165, 1.54) is 23.1 Å². The Morgan fingerprint density at radius 3 is 2.83 bits per heavy atom. The highest BCUT2D eigenvalue weighted by Crippen LogP contribution is 2.24. The molecule has 0 N–H and O–H groups in total. The van der Waals surface area contributed by atoms with E-state index in [1.54, 1.807) is 6.26 Å². The van der Waals surface area contributed by atoms with Crippen LogP contribution in [-0.2, 0) is 6.54 Å². The topological polar surface area (TPSA) is 60.9 Å². The molecule has 0 aliphatic heterocycles. The van der Waals surface area contributed by atoms with Crippen LogP contribution in [0.25, 0.3) is 0 Å². The predicted octanol–water partition coefficient (Wildman–Crippen LogP) is 3.88. The number of carbonyl (C=O) groups excluding carboxylic acids is 1. The van der Waals surface area contributed by atoms with Gasteiger partial charge < -0.3 is 8.98 Å². The zero-order chi connectivity index (χ0) is 16.4. The van der Waals surface area contributed by atoms with Crippen molar-refractivity contribution in [1.82, 2.24) is 14.8 Å². The van der Waals surface area contributed by atoms with Crippen LogP contribution in [-0.4, -0.2) is 26.3 Å². The first-order valence-corrected chi connectivity index (χ1v) is 9.00. The highest BCUT2D eigenvalue weighted by molar-refractivity contribution is 8.01. The van der Waals surface area contributed by atoms with Crippen LogP contribution >= 0.6 is 23.1 Å². The van der Waals surface area contributed by atoms with Gasteiger partial charge in [-0.15, -0.1) is 10.2 Å². The summed E-state index contributed by atoms with van der Waals surface area (Å²) in [7, 11) is 0. The predicted molar refractivity (Wildman–Crippen MR) is 91.4 cm³/mol. The van der Waals surface area contributed by atoms with E-state index in [0.717, 1.165) is 32.1 Å². The fraction of sp³-hybridized carbons (Fsp3) is 0.312. The lowest BCUT2D eigenvalue weighted by molar-refractivity contribution is 0.102. The molecular weight excluding hydrogens is 330 g/mol. The van der Waals surface area contributed by atoms with Crippen molar-refractivity contribution in [1.29, 1.82) is 0 Å². The maximum Gasteiger partial charge on any atom is 0.174 e. The molecule has 3 aromatic heterocycles. The zero-order valence-electron chi connectivity index (χ0n) is 13.2. The quantitative estimate of drug-likeness (QED) is 0.500. The fourth-order valence-electron chi connectivity index (χ4n) is 2.43. The second-order valence-electron chi connectivity index (χ2n) is 5.25. The number of furan rings is 1. The first-order valence-electron chi connectivity index (χ1n) is 7.20. The van der Waals surface area contributed by atoms with Gasteiger partial charge in [0.05, 0.1) is 18.6 Å². The van der Waals surface area contributed by atoms with Crippen LogP contribution in [0.4, 0.5) is 0 Å². The number of nitrogens with zero attached hydrogens (tertiary/aromatic N) is 3. The average Bonchev–Trinajstić information content (AvgIpc) is 3.23. The summed E-state index contributed by atoms with van der Waals surface area (Å²) in [6.07, 6.45) is 1.66. The van der Waals surface area contributed by atoms with Crippen molar-refractivity contribution >= 4 is 28.9 Å². The van der Waals surface area contributed by atoms with E-state index in [-0.39, 0.29) is 5.78 Å². The Hall–Kier alpha value is -1.86. The minimum Gasteiger partial charge on any atom is -0.467 e. The largest absolute Gasteiger partial charge is 0.467 e. The van der Waals surface area contributed by atoms with E-state index in [4.69, 9.17) is 4.42 Å². The monoisotopic (exact) mass is 347 g/mol. The number of aryl methyl sites for hydroxylation is 2. The Bertz CT molecular complexity index is 819. The second-order valence-corrected chi connectivity index (χ2v) is 7.65. The van der Waals surface area contributed by atoms with Crippen LogP contribution in [0.1, 0.15) is 32.5 Å². The van der Waals surface area contributed by atoms with Crippen molar-refractivity contribution in [2.75, 3.05) is 5.75 Å². The van der Waals surface area contributed by atoms with E-state index >= 15 is 0 Å². The maximum atomic E-state index is 12.5. The van der Waals surface area contributed by atoms with Gasteiger partial charge in [-0.25, -0.2) is 0 Å². The van der Waals surface area contributed by atoms with Crippen LogP contribution in [0, 0.1) is 20.8 Å². The highest BCUT2D eigenvalue weighted by atomic mass is 32.2. The van der Waals surface area contributed by atoms with Gasteiger partial charge in [0.1, 0.15) is 10.8 Å². The minimum absolute atomic E-state index is 0.113. The third kappa shape index (κ3) is 3.56. The highest BCUT2D eigenvalue weighted by Gasteiger charge is 2.17. The molecule has 3 aromatic rings. The van der Waals surface area contributed by atoms with E-state index < -0.39 is 0 Å². The minimum atomic E-state index is 0.113. The van der Waals surface area contributed by atoms with Crippen molar-refractivity contribution in [3.05, 3.63) is 52.2 Å². The Labute approximate surface area is 142 Å². The molecule has 0 atom stereocenters. The van der Waals surface area contributed by atoms with E-state index in [9.17, 15) is 4.79 Å². The lowest BCUT2D eigenvalue weighted by atomic mass is 10.2. The molecule has 120 valence electrons. The molecule has 0 spiro atoms. The van der Waals surface area contributed by atoms with Crippen LogP contribution < -0.4 is 0 Å². The van der Waals surface area contributed by atoms with Crippen molar-refractivity contribution < 1.29 is 9.21 Å². The summed E-state index contributed by atoms with van der Waals surface area (Å²) in [6.45, 7) is 6.53. The number of ketones is 1.